The smallest absolute Gasteiger partial charge is 0.251 e. The second-order valence-electron chi connectivity index (χ2n) is 7.11. The summed E-state index contributed by atoms with van der Waals surface area (Å²) in [4.78, 5) is 24.6. The largest absolute Gasteiger partial charge is 0.352 e. The average Bonchev–Trinajstić information content (AvgIpc) is 2.79. The molecular formula is C26H26N2O2. The first-order valence-corrected chi connectivity index (χ1v) is 10.0. The molecule has 3 aromatic rings. The Morgan fingerprint density at radius 2 is 1.40 bits per heavy atom. The molecule has 0 radical (unpaired) electrons. The van der Waals surface area contributed by atoms with E-state index in [4.69, 9.17) is 0 Å². The molecule has 0 atom stereocenters. The lowest BCUT2D eigenvalue weighted by molar-refractivity contribution is -0.117. The molecule has 0 aliphatic heterocycles. The molecule has 0 saturated heterocycles. The van der Waals surface area contributed by atoms with Crippen LogP contribution in [0.2, 0.25) is 0 Å². The van der Waals surface area contributed by atoms with Crippen LogP contribution in [-0.4, -0.2) is 18.4 Å². The zero-order chi connectivity index (χ0) is 21.2. The van der Waals surface area contributed by atoms with Gasteiger partial charge in [-0.15, -0.1) is 0 Å². The highest BCUT2D eigenvalue weighted by Crippen LogP contribution is 2.08. The summed E-state index contributed by atoms with van der Waals surface area (Å²) in [5.41, 5.74) is 4.39. The Labute approximate surface area is 177 Å². The standard InChI is InChI=1S/C26H26N2O2/c1-20(18-22-10-6-3-7-11-22)25(29)28-19-23-12-14-24(15-13-23)26(30)27-17-16-21-8-4-2-5-9-21/h2-15,18H,16-17,19H2,1H3,(H,27,30)(H,28,29). The highest BCUT2D eigenvalue weighted by atomic mass is 16.2. The van der Waals surface area contributed by atoms with Crippen molar-refractivity contribution >= 4 is 17.9 Å². The first-order chi connectivity index (χ1) is 14.6. The van der Waals surface area contributed by atoms with Crippen LogP contribution in [0.15, 0.2) is 90.5 Å². The summed E-state index contributed by atoms with van der Waals surface area (Å²) in [6.45, 7) is 2.80. The minimum absolute atomic E-state index is 0.0943. The van der Waals surface area contributed by atoms with Crippen molar-refractivity contribution in [2.75, 3.05) is 6.54 Å². The second kappa shape index (κ2) is 10.8. The molecule has 0 heterocycles. The van der Waals surface area contributed by atoms with Gasteiger partial charge in [-0.2, -0.15) is 0 Å². The van der Waals surface area contributed by atoms with E-state index in [9.17, 15) is 9.59 Å². The average molecular weight is 399 g/mol. The van der Waals surface area contributed by atoms with Crippen molar-refractivity contribution in [3.05, 3.63) is 113 Å². The molecule has 3 rings (SSSR count). The fourth-order valence-corrected chi connectivity index (χ4v) is 3.03. The summed E-state index contributed by atoms with van der Waals surface area (Å²) >= 11 is 0. The first kappa shape index (κ1) is 21.1. The molecule has 0 aliphatic rings. The molecule has 30 heavy (non-hydrogen) atoms. The molecular weight excluding hydrogens is 372 g/mol. The maximum atomic E-state index is 12.3. The lowest BCUT2D eigenvalue weighted by Crippen LogP contribution is -2.26. The molecule has 0 fully saturated rings. The van der Waals surface area contributed by atoms with Crippen molar-refractivity contribution in [3.63, 3.8) is 0 Å². The van der Waals surface area contributed by atoms with E-state index < -0.39 is 0 Å². The predicted octanol–water partition coefficient (Wildman–Crippen LogP) is 4.38. The van der Waals surface area contributed by atoms with Crippen molar-refractivity contribution in [3.8, 4) is 0 Å². The number of rotatable bonds is 8. The quantitative estimate of drug-likeness (QED) is 0.553. The van der Waals surface area contributed by atoms with Crippen molar-refractivity contribution in [2.24, 2.45) is 0 Å². The van der Waals surface area contributed by atoms with E-state index >= 15 is 0 Å². The van der Waals surface area contributed by atoms with Gasteiger partial charge in [0.25, 0.3) is 5.91 Å². The third-order valence-corrected chi connectivity index (χ3v) is 4.75. The third-order valence-electron chi connectivity index (χ3n) is 4.75. The van der Waals surface area contributed by atoms with Gasteiger partial charge in [0.2, 0.25) is 5.91 Å². The van der Waals surface area contributed by atoms with Crippen molar-refractivity contribution in [1.82, 2.24) is 10.6 Å². The monoisotopic (exact) mass is 398 g/mol. The Morgan fingerprint density at radius 3 is 2.07 bits per heavy atom. The van der Waals surface area contributed by atoms with Gasteiger partial charge < -0.3 is 10.6 Å². The van der Waals surface area contributed by atoms with E-state index in [0.717, 1.165) is 17.5 Å². The number of hydrogen-bond acceptors (Lipinski definition) is 2. The molecule has 0 aromatic heterocycles. The van der Waals surface area contributed by atoms with Gasteiger partial charge in [0.15, 0.2) is 0 Å². The van der Waals surface area contributed by atoms with Crippen LogP contribution in [0, 0.1) is 0 Å². The van der Waals surface area contributed by atoms with Gasteiger partial charge in [0, 0.05) is 24.2 Å². The normalized spacial score (nSPS) is 11.0. The van der Waals surface area contributed by atoms with E-state index in [1.54, 1.807) is 19.1 Å². The van der Waals surface area contributed by atoms with E-state index in [-0.39, 0.29) is 11.8 Å². The Hall–Kier alpha value is -3.66. The van der Waals surface area contributed by atoms with Crippen molar-refractivity contribution in [2.45, 2.75) is 19.9 Å². The van der Waals surface area contributed by atoms with Gasteiger partial charge in [-0.25, -0.2) is 0 Å². The van der Waals surface area contributed by atoms with Crippen LogP contribution in [0.4, 0.5) is 0 Å². The zero-order valence-corrected chi connectivity index (χ0v) is 17.1. The molecule has 2 N–H and O–H groups in total. The fourth-order valence-electron chi connectivity index (χ4n) is 3.03. The highest BCUT2D eigenvalue weighted by molar-refractivity contribution is 5.97. The Kier molecular flexibility index (Phi) is 7.56. The Balaban J connectivity index is 1.46. The SMILES string of the molecule is CC(=Cc1ccccc1)C(=O)NCc1ccc(C(=O)NCCc2ccccc2)cc1. The van der Waals surface area contributed by atoms with E-state index in [0.29, 0.717) is 24.2 Å². The van der Waals surface area contributed by atoms with Gasteiger partial charge in [0.1, 0.15) is 0 Å². The molecule has 0 unspecified atom stereocenters. The van der Waals surface area contributed by atoms with Crippen LogP contribution in [0.25, 0.3) is 6.08 Å². The minimum Gasteiger partial charge on any atom is -0.352 e. The molecule has 4 nitrogen and oxygen atoms in total. The highest BCUT2D eigenvalue weighted by Gasteiger charge is 2.07. The predicted molar refractivity (Wildman–Crippen MR) is 121 cm³/mol. The van der Waals surface area contributed by atoms with Gasteiger partial charge >= 0.3 is 0 Å². The van der Waals surface area contributed by atoms with Crippen LogP contribution in [0.3, 0.4) is 0 Å². The lowest BCUT2D eigenvalue weighted by atomic mass is 10.1. The van der Waals surface area contributed by atoms with E-state index in [2.05, 4.69) is 10.6 Å². The maximum absolute atomic E-state index is 12.3. The molecule has 152 valence electrons. The Morgan fingerprint density at radius 1 is 0.767 bits per heavy atom. The maximum Gasteiger partial charge on any atom is 0.251 e. The number of benzene rings is 3. The topological polar surface area (TPSA) is 58.2 Å². The fraction of sp³-hybridized carbons (Fsp3) is 0.154. The summed E-state index contributed by atoms with van der Waals surface area (Å²) in [6, 6.07) is 27.1. The van der Waals surface area contributed by atoms with Crippen LogP contribution in [0.5, 0.6) is 0 Å². The van der Waals surface area contributed by atoms with Crippen LogP contribution in [0.1, 0.15) is 34.0 Å². The van der Waals surface area contributed by atoms with Gasteiger partial charge in [-0.3, -0.25) is 9.59 Å². The molecule has 4 heteroatoms. The van der Waals surface area contributed by atoms with Crippen LogP contribution >= 0.6 is 0 Å². The second-order valence-corrected chi connectivity index (χ2v) is 7.11. The molecule has 3 aromatic carbocycles. The molecule has 0 spiro atoms. The molecule has 0 aliphatic carbocycles. The summed E-state index contributed by atoms with van der Waals surface area (Å²) in [6.07, 6.45) is 2.66. The van der Waals surface area contributed by atoms with Crippen molar-refractivity contribution < 1.29 is 9.59 Å². The van der Waals surface area contributed by atoms with Crippen LogP contribution in [-0.2, 0) is 17.8 Å². The van der Waals surface area contributed by atoms with Crippen molar-refractivity contribution in [1.29, 1.82) is 0 Å². The van der Waals surface area contributed by atoms with Gasteiger partial charge in [-0.1, -0.05) is 72.8 Å². The summed E-state index contributed by atoms with van der Waals surface area (Å²) < 4.78 is 0. The van der Waals surface area contributed by atoms with Gasteiger partial charge in [0.05, 0.1) is 0 Å². The number of amides is 2. The minimum atomic E-state index is -0.110. The molecule has 2 amide bonds. The number of carbonyl (C=O) groups is 2. The lowest BCUT2D eigenvalue weighted by Gasteiger charge is -2.08. The number of nitrogens with one attached hydrogen (secondary N) is 2. The number of carbonyl (C=O) groups excluding carboxylic acids is 2. The van der Waals surface area contributed by atoms with Gasteiger partial charge in [-0.05, 0) is 48.2 Å². The first-order valence-electron chi connectivity index (χ1n) is 10.0. The summed E-state index contributed by atoms with van der Waals surface area (Å²) in [7, 11) is 0. The third kappa shape index (κ3) is 6.45. The summed E-state index contributed by atoms with van der Waals surface area (Å²) in [5, 5.41) is 5.85. The zero-order valence-electron chi connectivity index (χ0n) is 17.1. The molecule has 0 saturated carbocycles. The Bertz CT molecular complexity index is 994. The van der Waals surface area contributed by atoms with E-state index in [1.807, 2.05) is 78.9 Å². The molecule has 0 bridgehead atoms. The number of hydrogen-bond donors (Lipinski definition) is 2. The summed E-state index contributed by atoms with van der Waals surface area (Å²) in [5.74, 6) is -0.204. The van der Waals surface area contributed by atoms with E-state index in [1.165, 1.54) is 5.56 Å². The van der Waals surface area contributed by atoms with Crippen LogP contribution < -0.4 is 10.6 Å².